The highest BCUT2D eigenvalue weighted by Gasteiger charge is 2.19. The SMILES string of the molecule is OC1CCCC(NCc2ccc(Br)c(F)c2)C1. The smallest absolute Gasteiger partial charge is 0.137 e. The zero-order valence-corrected chi connectivity index (χ0v) is 11.2. The first kappa shape index (κ1) is 13.0. The molecule has 1 aromatic rings. The summed E-state index contributed by atoms with van der Waals surface area (Å²) in [7, 11) is 0. The van der Waals surface area contributed by atoms with Crippen molar-refractivity contribution in [2.24, 2.45) is 0 Å². The fraction of sp³-hybridized carbons (Fsp3) is 0.538. The zero-order valence-electron chi connectivity index (χ0n) is 9.63. The molecule has 0 radical (unpaired) electrons. The molecule has 0 aliphatic heterocycles. The van der Waals surface area contributed by atoms with Gasteiger partial charge in [-0.3, -0.25) is 0 Å². The largest absolute Gasteiger partial charge is 0.393 e. The van der Waals surface area contributed by atoms with E-state index in [-0.39, 0.29) is 11.9 Å². The number of nitrogens with one attached hydrogen (secondary N) is 1. The van der Waals surface area contributed by atoms with Gasteiger partial charge in [0.1, 0.15) is 5.82 Å². The van der Waals surface area contributed by atoms with Gasteiger partial charge >= 0.3 is 0 Å². The molecule has 1 saturated carbocycles. The summed E-state index contributed by atoms with van der Waals surface area (Å²) in [5.74, 6) is -0.229. The molecule has 0 saturated heterocycles. The molecule has 2 nitrogen and oxygen atoms in total. The maximum Gasteiger partial charge on any atom is 0.137 e. The van der Waals surface area contributed by atoms with Gasteiger partial charge in [0.05, 0.1) is 10.6 Å². The Labute approximate surface area is 109 Å². The number of rotatable bonds is 3. The molecule has 0 amide bonds. The highest BCUT2D eigenvalue weighted by Crippen LogP contribution is 2.20. The molecule has 0 spiro atoms. The molecule has 2 rings (SSSR count). The van der Waals surface area contributed by atoms with Gasteiger partial charge in [-0.1, -0.05) is 6.07 Å². The lowest BCUT2D eigenvalue weighted by Gasteiger charge is -2.26. The predicted molar refractivity (Wildman–Crippen MR) is 69.2 cm³/mol. The van der Waals surface area contributed by atoms with Crippen molar-refractivity contribution in [2.75, 3.05) is 0 Å². The van der Waals surface area contributed by atoms with Gasteiger partial charge in [-0.25, -0.2) is 4.39 Å². The van der Waals surface area contributed by atoms with Gasteiger partial charge in [-0.05, 0) is 59.3 Å². The van der Waals surface area contributed by atoms with E-state index in [1.54, 1.807) is 6.07 Å². The molecule has 2 N–H and O–H groups in total. The standard InChI is InChI=1S/C13H17BrFNO/c14-12-5-4-9(6-13(12)15)8-16-10-2-1-3-11(17)7-10/h4-6,10-11,16-17H,1-3,7-8H2. The average Bonchev–Trinajstić information content (AvgIpc) is 2.31. The van der Waals surface area contributed by atoms with E-state index in [1.807, 2.05) is 6.07 Å². The molecular weight excluding hydrogens is 285 g/mol. The quantitative estimate of drug-likeness (QED) is 0.899. The molecule has 0 bridgehead atoms. The van der Waals surface area contributed by atoms with Gasteiger partial charge in [0, 0.05) is 12.6 Å². The zero-order chi connectivity index (χ0) is 12.3. The number of aliphatic hydroxyl groups excluding tert-OH is 1. The fourth-order valence-corrected chi connectivity index (χ4v) is 2.51. The van der Waals surface area contributed by atoms with Crippen LogP contribution in [0.1, 0.15) is 31.2 Å². The van der Waals surface area contributed by atoms with Crippen molar-refractivity contribution >= 4 is 15.9 Å². The van der Waals surface area contributed by atoms with E-state index < -0.39 is 0 Å². The highest BCUT2D eigenvalue weighted by atomic mass is 79.9. The van der Waals surface area contributed by atoms with Crippen LogP contribution >= 0.6 is 15.9 Å². The van der Waals surface area contributed by atoms with Crippen LogP contribution in [-0.2, 0) is 6.54 Å². The molecule has 4 heteroatoms. The van der Waals surface area contributed by atoms with Crippen LogP contribution in [0.15, 0.2) is 22.7 Å². The lowest BCUT2D eigenvalue weighted by Crippen LogP contribution is -2.35. The first-order valence-electron chi connectivity index (χ1n) is 6.00. The second-order valence-corrected chi connectivity index (χ2v) is 5.50. The second-order valence-electron chi connectivity index (χ2n) is 4.65. The third-order valence-electron chi connectivity index (χ3n) is 3.23. The molecular formula is C13H17BrFNO. The maximum atomic E-state index is 13.3. The van der Waals surface area contributed by atoms with E-state index in [2.05, 4.69) is 21.2 Å². The topological polar surface area (TPSA) is 32.3 Å². The Kier molecular flexibility index (Phi) is 4.54. The van der Waals surface area contributed by atoms with Gasteiger partial charge in [-0.15, -0.1) is 0 Å². The molecule has 0 heterocycles. The van der Waals surface area contributed by atoms with E-state index in [4.69, 9.17) is 0 Å². The number of benzene rings is 1. The number of halogens is 2. The highest BCUT2D eigenvalue weighted by molar-refractivity contribution is 9.10. The van der Waals surface area contributed by atoms with E-state index in [1.165, 1.54) is 6.07 Å². The molecule has 2 unspecified atom stereocenters. The molecule has 17 heavy (non-hydrogen) atoms. The first-order chi connectivity index (χ1) is 8.15. The number of hydrogen-bond acceptors (Lipinski definition) is 2. The van der Waals surface area contributed by atoms with Crippen molar-refractivity contribution in [3.05, 3.63) is 34.1 Å². The minimum atomic E-state index is -0.229. The van der Waals surface area contributed by atoms with Crippen LogP contribution in [0.25, 0.3) is 0 Å². The van der Waals surface area contributed by atoms with Crippen LogP contribution in [0.2, 0.25) is 0 Å². The van der Waals surface area contributed by atoms with E-state index in [0.29, 0.717) is 17.1 Å². The minimum Gasteiger partial charge on any atom is -0.393 e. The normalized spacial score (nSPS) is 24.9. The number of hydrogen-bond donors (Lipinski definition) is 2. The second kappa shape index (κ2) is 5.94. The third kappa shape index (κ3) is 3.76. The van der Waals surface area contributed by atoms with Gasteiger partial charge in [0.15, 0.2) is 0 Å². The van der Waals surface area contributed by atoms with Crippen LogP contribution in [0.5, 0.6) is 0 Å². The Hall–Kier alpha value is -0.450. The third-order valence-corrected chi connectivity index (χ3v) is 3.87. The molecule has 2 atom stereocenters. The molecule has 1 fully saturated rings. The van der Waals surface area contributed by atoms with Crippen molar-refractivity contribution in [3.63, 3.8) is 0 Å². The number of aliphatic hydroxyl groups is 1. The van der Waals surface area contributed by atoms with Crippen molar-refractivity contribution in [2.45, 2.75) is 44.4 Å². The van der Waals surface area contributed by atoms with Gasteiger partial charge in [0.2, 0.25) is 0 Å². The molecule has 1 aliphatic rings. The van der Waals surface area contributed by atoms with Crippen molar-refractivity contribution < 1.29 is 9.50 Å². The minimum absolute atomic E-state index is 0.178. The molecule has 94 valence electrons. The van der Waals surface area contributed by atoms with Crippen LogP contribution < -0.4 is 5.32 Å². The average molecular weight is 302 g/mol. The summed E-state index contributed by atoms with van der Waals surface area (Å²) in [5, 5.41) is 12.9. The van der Waals surface area contributed by atoms with E-state index in [9.17, 15) is 9.50 Å². The van der Waals surface area contributed by atoms with Gasteiger partial charge in [-0.2, -0.15) is 0 Å². The Morgan fingerprint density at radius 3 is 2.94 bits per heavy atom. The Balaban J connectivity index is 1.86. The van der Waals surface area contributed by atoms with Crippen LogP contribution in [0.3, 0.4) is 0 Å². The van der Waals surface area contributed by atoms with Crippen LogP contribution in [0.4, 0.5) is 4.39 Å². The molecule has 1 aromatic carbocycles. The predicted octanol–water partition coefficient (Wildman–Crippen LogP) is 2.98. The maximum absolute atomic E-state index is 13.3. The van der Waals surface area contributed by atoms with Crippen molar-refractivity contribution in [3.8, 4) is 0 Å². The lowest BCUT2D eigenvalue weighted by atomic mass is 9.93. The summed E-state index contributed by atoms with van der Waals surface area (Å²) >= 11 is 3.14. The first-order valence-corrected chi connectivity index (χ1v) is 6.80. The Morgan fingerprint density at radius 1 is 1.41 bits per heavy atom. The molecule has 0 aromatic heterocycles. The van der Waals surface area contributed by atoms with E-state index in [0.717, 1.165) is 31.2 Å². The monoisotopic (exact) mass is 301 g/mol. The van der Waals surface area contributed by atoms with Crippen LogP contribution in [-0.4, -0.2) is 17.3 Å². The summed E-state index contributed by atoms with van der Waals surface area (Å²) < 4.78 is 13.8. The van der Waals surface area contributed by atoms with Crippen molar-refractivity contribution in [1.29, 1.82) is 0 Å². The Bertz CT molecular complexity index is 386. The summed E-state index contributed by atoms with van der Waals surface area (Å²) in [6.07, 6.45) is 3.69. The summed E-state index contributed by atoms with van der Waals surface area (Å²) in [6, 6.07) is 5.52. The summed E-state index contributed by atoms with van der Waals surface area (Å²) in [5.41, 5.74) is 0.936. The van der Waals surface area contributed by atoms with Gasteiger partial charge < -0.3 is 10.4 Å². The summed E-state index contributed by atoms with van der Waals surface area (Å²) in [4.78, 5) is 0. The van der Waals surface area contributed by atoms with E-state index >= 15 is 0 Å². The van der Waals surface area contributed by atoms with Crippen LogP contribution in [0, 0.1) is 5.82 Å². The Morgan fingerprint density at radius 2 is 2.24 bits per heavy atom. The lowest BCUT2D eigenvalue weighted by molar-refractivity contribution is 0.111. The van der Waals surface area contributed by atoms with Gasteiger partial charge in [0.25, 0.3) is 0 Å². The summed E-state index contributed by atoms with van der Waals surface area (Å²) in [6.45, 7) is 0.654. The van der Waals surface area contributed by atoms with Crippen molar-refractivity contribution in [1.82, 2.24) is 5.32 Å². The molecule has 1 aliphatic carbocycles. The fourth-order valence-electron chi connectivity index (χ4n) is 2.26.